The van der Waals surface area contributed by atoms with Crippen molar-refractivity contribution in [2.24, 2.45) is 0 Å². The first-order chi connectivity index (χ1) is 12.3. The molecule has 1 aliphatic carbocycles. The fourth-order valence-electron chi connectivity index (χ4n) is 3.42. The van der Waals surface area contributed by atoms with Crippen molar-refractivity contribution in [2.45, 2.75) is 37.8 Å². The van der Waals surface area contributed by atoms with Gasteiger partial charge in [-0.05, 0) is 56.0 Å². The van der Waals surface area contributed by atoms with Gasteiger partial charge in [-0.15, -0.1) is 0 Å². The number of fused-ring (bicyclic) bond motifs is 1. The zero-order valence-electron chi connectivity index (χ0n) is 14.0. The summed E-state index contributed by atoms with van der Waals surface area (Å²) in [5, 5.41) is 5.81. The molecule has 2 aromatic carbocycles. The second kappa shape index (κ2) is 7.05. The molecular formula is C20H22N2O3. The maximum Gasteiger partial charge on any atom is 0.319 e. The number of rotatable bonds is 4. The van der Waals surface area contributed by atoms with Gasteiger partial charge in [0.05, 0.1) is 12.1 Å². The molecule has 2 aliphatic rings. The SMILES string of the molecule is O=C(Nc1ccc(OC2CCCC2)cc1)N[C@@H]1COc2ccccc21. The number of ether oxygens (including phenoxy) is 2. The molecule has 0 unspecified atom stereocenters. The summed E-state index contributed by atoms with van der Waals surface area (Å²) in [6.07, 6.45) is 5.10. The Bertz CT molecular complexity index is 739. The quantitative estimate of drug-likeness (QED) is 0.875. The van der Waals surface area contributed by atoms with Gasteiger partial charge in [0.15, 0.2) is 0 Å². The molecule has 0 bridgehead atoms. The predicted molar refractivity (Wildman–Crippen MR) is 96.2 cm³/mol. The molecule has 2 aromatic rings. The van der Waals surface area contributed by atoms with Crippen LogP contribution in [0, 0.1) is 0 Å². The minimum atomic E-state index is -0.241. The van der Waals surface area contributed by atoms with Gasteiger partial charge in [-0.25, -0.2) is 4.79 Å². The first-order valence-electron chi connectivity index (χ1n) is 8.84. The van der Waals surface area contributed by atoms with E-state index in [4.69, 9.17) is 9.47 Å². The number of hydrogen-bond acceptors (Lipinski definition) is 3. The average Bonchev–Trinajstić information content (AvgIpc) is 3.27. The van der Waals surface area contributed by atoms with Gasteiger partial charge in [-0.3, -0.25) is 0 Å². The molecule has 130 valence electrons. The van der Waals surface area contributed by atoms with Crippen LogP contribution in [0.5, 0.6) is 11.5 Å². The third-order valence-electron chi connectivity index (χ3n) is 4.72. The first-order valence-corrected chi connectivity index (χ1v) is 8.84. The summed E-state index contributed by atoms with van der Waals surface area (Å²) in [6, 6.07) is 14.9. The number of amides is 2. The van der Waals surface area contributed by atoms with Crippen molar-refractivity contribution in [3.63, 3.8) is 0 Å². The number of carbonyl (C=O) groups is 1. The molecule has 1 saturated carbocycles. The molecule has 0 saturated heterocycles. The smallest absolute Gasteiger partial charge is 0.319 e. The second-order valence-electron chi connectivity index (χ2n) is 6.55. The number of hydrogen-bond donors (Lipinski definition) is 2. The van der Waals surface area contributed by atoms with Gasteiger partial charge in [-0.1, -0.05) is 18.2 Å². The van der Waals surface area contributed by atoms with Gasteiger partial charge in [0, 0.05) is 11.3 Å². The molecule has 1 fully saturated rings. The van der Waals surface area contributed by atoms with Gasteiger partial charge in [0.25, 0.3) is 0 Å². The Kier molecular flexibility index (Phi) is 4.46. The summed E-state index contributed by atoms with van der Waals surface area (Å²) < 4.78 is 11.5. The van der Waals surface area contributed by atoms with Crippen LogP contribution in [0.25, 0.3) is 0 Å². The Hall–Kier alpha value is -2.69. The third kappa shape index (κ3) is 3.71. The summed E-state index contributed by atoms with van der Waals surface area (Å²) in [4.78, 5) is 12.2. The lowest BCUT2D eigenvalue weighted by molar-refractivity contribution is 0.210. The fourth-order valence-corrected chi connectivity index (χ4v) is 3.42. The lowest BCUT2D eigenvalue weighted by atomic mass is 10.1. The number of benzene rings is 2. The van der Waals surface area contributed by atoms with Crippen LogP contribution in [0.3, 0.4) is 0 Å². The summed E-state index contributed by atoms with van der Waals surface area (Å²) in [7, 11) is 0. The van der Waals surface area contributed by atoms with Crippen molar-refractivity contribution < 1.29 is 14.3 Å². The van der Waals surface area contributed by atoms with Gasteiger partial charge in [-0.2, -0.15) is 0 Å². The number of anilines is 1. The van der Waals surface area contributed by atoms with E-state index in [-0.39, 0.29) is 12.1 Å². The average molecular weight is 338 g/mol. The highest BCUT2D eigenvalue weighted by Gasteiger charge is 2.25. The number of carbonyl (C=O) groups excluding carboxylic acids is 1. The van der Waals surface area contributed by atoms with Crippen LogP contribution in [0.4, 0.5) is 10.5 Å². The van der Waals surface area contributed by atoms with Crippen LogP contribution in [0.15, 0.2) is 48.5 Å². The van der Waals surface area contributed by atoms with Crippen LogP contribution in [-0.2, 0) is 0 Å². The summed E-state index contributed by atoms with van der Waals surface area (Å²) >= 11 is 0. The van der Waals surface area contributed by atoms with E-state index in [1.807, 2.05) is 48.5 Å². The Morgan fingerprint density at radius 2 is 1.80 bits per heavy atom. The van der Waals surface area contributed by atoms with E-state index in [0.717, 1.165) is 35.6 Å². The Morgan fingerprint density at radius 1 is 1.04 bits per heavy atom. The number of urea groups is 1. The normalized spacial score (nSPS) is 19.1. The van der Waals surface area contributed by atoms with Crippen molar-refractivity contribution >= 4 is 11.7 Å². The van der Waals surface area contributed by atoms with Crippen molar-refractivity contribution in [3.8, 4) is 11.5 Å². The molecule has 2 N–H and O–H groups in total. The molecule has 0 radical (unpaired) electrons. The minimum absolute atomic E-state index is 0.124. The summed E-state index contributed by atoms with van der Waals surface area (Å²) in [5.74, 6) is 1.69. The van der Waals surface area contributed by atoms with Crippen molar-refractivity contribution in [1.29, 1.82) is 0 Å². The van der Waals surface area contributed by atoms with Crippen LogP contribution < -0.4 is 20.1 Å². The molecule has 5 nitrogen and oxygen atoms in total. The zero-order valence-corrected chi connectivity index (χ0v) is 14.0. The summed E-state index contributed by atoms with van der Waals surface area (Å²) in [6.45, 7) is 0.459. The van der Waals surface area contributed by atoms with E-state index < -0.39 is 0 Å². The minimum Gasteiger partial charge on any atom is -0.491 e. The molecule has 1 heterocycles. The topological polar surface area (TPSA) is 59.6 Å². The van der Waals surface area contributed by atoms with Gasteiger partial charge >= 0.3 is 6.03 Å². The van der Waals surface area contributed by atoms with Crippen molar-refractivity contribution in [3.05, 3.63) is 54.1 Å². The van der Waals surface area contributed by atoms with E-state index in [9.17, 15) is 4.79 Å². The molecule has 0 aromatic heterocycles. The molecule has 2 amide bonds. The molecule has 1 aliphatic heterocycles. The van der Waals surface area contributed by atoms with Gasteiger partial charge < -0.3 is 20.1 Å². The molecule has 4 rings (SSSR count). The Balaban J connectivity index is 1.32. The van der Waals surface area contributed by atoms with E-state index >= 15 is 0 Å². The zero-order chi connectivity index (χ0) is 17.1. The second-order valence-corrected chi connectivity index (χ2v) is 6.55. The highest BCUT2D eigenvalue weighted by Crippen LogP contribution is 2.31. The monoisotopic (exact) mass is 338 g/mol. The van der Waals surface area contributed by atoms with E-state index in [1.54, 1.807) is 0 Å². The van der Waals surface area contributed by atoms with E-state index in [1.165, 1.54) is 12.8 Å². The molecular weight excluding hydrogens is 316 g/mol. The highest BCUT2D eigenvalue weighted by molar-refractivity contribution is 5.89. The third-order valence-corrected chi connectivity index (χ3v) is 4.72. The maximum absolute atomic E-state index is 12.2. The molecule has 25 heavy (non-hydrogen) atoms. The predicted octanol–water partition coefficient (Wildman–Crippen LogP) is 4.26. The number of nitrogens with one attached hydrogen (secondary N) is 2. The molecule has 1 atom stereocenters. The number of para-hydroxylation sites is 1. The van der Waals surface area contributed by atoms with Crippen LogP contribution >= 0.6 is 0 Å². The Labute approximate surface area is 147 Å². The van der Waals surface area contributed by atoms with E-state index in [0.29, 0.717) is 12.7 Å². The van der Waals surface area contributed by atoms with Gasteiger partial charge in [0.1, 0.15) is 18.1 Å². The largest absolute Gasteiger partial charge is 0.491 e. The fraction of sp³-hybridized carbons (Fsp3) is 0.350. The van der Waals surface area contributed by atoms with Crippen LogP contribution in [0.2, 0.25) is 0 Å². The highest BCUT2D eigenvalue weighted by atomic mass is 16.5. The van der Waals surface area contributed by atoms with Crippen LogP contribution in [-0.4, -0.2) is 18.7 Å². The standard InChI is InChI=1S/C20H22N2O3/c23-20(22-18-13-24-19-8-4-3-7-17(18)19)21-14-9-11-16(12-10-14)25-15-5-1-2-6-15/h3-4,7-12,15,18H,1-2,5-6,13H2,(H2,21,22,23)/t18-/m1/s1. The molecule has 0 spiro atoms. The van der Waals surface area contributed by atoms with E-state index in [2.05, 4.69) is 10.6 Å². The lowest BCUT2D eigenvalue weighted by Crippen LogP contribution is -2.33. The molecule has 5 heteroatoms. The van der Waals surface area contributed by atoms with Gasteiger partial charge in [0.2, 0.25) is 0 Å². The van der Waals surface area contributed by atoms with Crippen molar-refractivity contribution in [2.75, 3.05) is 11.9 Å². The maximum atomic E-state index is 12.2. The van der Waals surface area contributed by atoms with Crippen LogP contribution in [0.1, 0.15) is 37.3 Å². The summed E-state index contributed by atoms with van der Waals surface area (Å²) in [5.41, 5.74) is 1.75. The lowest BCUT2D eigenvalue weighted by Gasteiger charge is -2.15. The van der Waals surface area contributed by atoms with Crippen molar-refractivity contribution in [1.82, 2.24) is 5.32 Å². The first kappa shape index (κ1) is 15.8. The Morgan fingerprint density at radius 3 is 2.60 bits per heavy atom.